The summed E-state index contributed by atoms with van der Waals surface area (Å²) >= 11 is 0. The summed E-state index contributed by atoms with van der Waals surface area (Å²) in [5.41, 5.74) is 0. The molecule has 0 radical (unpaired) electrons. The van der Waals surface area contributed by atoms with Gasteiger partial charge >= 0.3 is 5.97 Å². The molecule has 2 aliphatic rings. The topological polar surface area (TPSA) is 49.3 Å². The number of aliphatic carboxylic acids is 1. The Balaban J connectivity index is 1.74. The monoisotopic (exact) mass is 267 g/mol. The lowest BCUT2D eigenvalue weighted by atomic mass is 9.78. The number of hydrogen-bond donors (Lipinski definition) is 2. The average molecular weight is 267 g/mol. The van der Waals surface area contributed by atoms with Crippen molar-refractivity contribution in [2.75, 3.05) is 0 Å². The minimum absolute atomic E-state index is 0.113. The Morgan fingerprint density at radius 3 is 2.32 bits per heavy atom. The summed E-state index contributed by atoms with van der Waals surface area (Å²) in [6.45, 7) is 4.66. The maximum atomic E-state index is 11.1. The van der Waals surface area contributed by atoms with Crippen LogP contribution in [-0.4, -0.2) is 23.2 Å². The van der Waals surface area contributed by atoms with Crippen LogP contribution in [0.1, 0.15) is 65.2 Å². The first kappa shape index (κ1) is 14.8. The third-order valence-corrected chi connectivity index (χ3v) is 5.21. The van der Waals surface area contributed by atoms with E-state index in [-0.39, 0.29) is 5.92 Å². The largest absolute Gasteiger partial charge is 0.481 e. The fraction of sp³-hybridized carbons (Fsp3) is 0.938. The van der Waals surface area contributed by atoms with Gasteiger partial charge in [-0.05, 0) is 56.8 Å². The van der Waals surface area contributed by atoms with Gasteiger partial charge in [0.05, 0.1) is 5.92 Å². The number of carboxylic acid groups (broad SMARTS) is 1. The van der Waals surface area contributed by atoms with Crippen LogP contribution in [0.2, 0.25) is 0 Å². The van der Waals surface area contributed by atoms with Gasteiger partial charge in [0.1, 0.15) is 0 Å². The fourth-order valence-corrected chi connectivity index (χ4v) is 3.85. The van der Waals surface area contributed by atoms with Crippen LogP contribution < -0.4 is 5.32 Å². The summed E-state index contributed by atoms with van der Waals surface area (Å²) in [7, 11) is 0. The smallest absolute Gasteiger partial charge is 0.306 e. The predicted octanol–water partition coefficient (Wildman–Crippen LogP) is 3.43. The third kappa shape index (κ3) is 4.20. The molecule has 2 aliphatic carbocycles. The second kappa shape index (κ2) is 6.74. The van der Waals surface area contributed by atoms with Gasteiger partial charge in [-0.25, -0.2) is 0 Å². The first-order chi connectivity index (χ1) is 9.06. The highest BCUT2D eigenvalue weighted by Crippen LogP contribution is 2.31. The predicted molar refractivity (Wildman–Crippen MR) is 77.1 cm³/mol. The van der Waals surface area contributed by atoms with E-state index in [0.29, 0.717) is 12.1 Å². The van der Waals surface area contributed by atoms with E-state index in [1.54, 1.807) is 0 Å². The molecular formula is C16H29NO2. The molecule has 0 bridgehead atoms. The molecule has 3 heteroatoms. The summed E-state index contributed by atoms with van der Waals surface area (Å²) in [5.74, 6) is 0.997. The zero-order valence-corrected chi connectivity index (χ0v) is 12.4. The molecule has 2 saturated carbocycles. The Morgan fingerprint density at radius 1 is 1.05 bits per heavy atom. The maximum absolute atomic E-state index is 11.1. The first-order valence-electron chi connectivity index (χ1n) is 8.05. The van der Waals surface area contributed by atoms with Crippen LogP contribution in [0.4, 0.5) is 0 Å². The molecule has 110 valence electrons. The van der Waals surface area contributed by atoms with Crippen molar-refractivity contribution in [3.8, 4) is 0 Å². The van der Waals surface area contributed by atoms with Crippen molar-refractivity contribution in [2.45, 2.75) is 77.3 Å². The standard InChI is InChI=1S/C16H29NO2/c1-11(2)12-6-8-14(9-7-12)17-15-5-3-4-13(10-15)16(18)19/h11-15,17H,3-10H2,1-2H3,(H,18,19). The van der Waals surface area contributed by atoms with Crippen molar-refractivity contribution in [3.05, 3.63) is 0 Å². The molecule has 0 spiro atoms. The minimum atomic E-state index is -0.602. The first-order valence-corrected chi connectivity index (χ1v) is 8.05. The second-order valence-corrected chi connectivity index (χ2v) is 6.92. The lowest BCUT2D eigenvalue weighted by Crippen LogP contribution is -2.44. The second-order valence-electron chi connectivity index (χ2n) is 6.92. The summed E-state index contributed by atoms with van der Waals surface area (Å²) < 4.78 is 0. The Kier molecular flexibility index (Phi) is 5.26. The molecule has 0 aromatic carbocycles. The normalized spacial score (nSPS) is 36.4. The van der Waals surface area contributed by atoms with E-state index in [1.807, 2.05) is 0 Å². The van der Waals surface area contributed by atoms with Crippen molar-refractivity contribution >= 4 is 5.97 Å². The van der Waals surface area contributed by atoms with Gasteiger partial charge in [0.2, 0.25) is 0 Å². The van der Waals surface area contributed by atoms with Gasteiger partial charge in [-0.15, -0.1) is 0 Å². The zero-order valence-electron chi connectivity index (χ0n) is 12.4. The molecule has 0 saturated heterocycles. The molecule has 19 heavy (non-hydrogen) atoms. The summed E-state index contributed by atoms with van der Waals surface area (Å²) in [5, 5.41) is 12.9. The summed E-state index contributed by atoms with van der Waals surface area (Å²) in [6.07, 6.45) is 9.15. The zero-order chi connectivity index (χ0) is 13.8. The van der Waals surface area contributed by atoms with Gasteiger partial charge in [-0.2, -0.15) is 0 Å². The number of carboxylic acids is 1. The maximum Gasteiger partial charge on any atom is 0.306 e. The van der Waals surface area contributed by atoms with Crippen molar-refractivity contribution in [1.82, 2.24) is 5.32 Å². The molecule has 3 nitrogen and oxygen atoms in total. The molecule has 2 atom stereocenters. The van der Waals surface area contributed by atoms with Crippen LogP contribution >= 0.6 is 0 Å². The average Bonchev–Trinajstić information content (AvgIpc) is 2.39. The van der Waals surface area contributed by atoms with Gasteiger partial charge in [-0.3, -0.25) is 4.79 Å². The van der Waals surface area contributed by atoms with Gasteiger partial charge < -0.3 is 10.4 Å². The van der Waals surface area contributed by atoms with Crippen molar-refractivity contribution < 1.29 is 9.90 Å². The van der Waals surface area contributed by atoms with Gasteiger partial charge in [-0.1, -0.05) is 20.3 Å². The highest BCUT2D eigenvalue weighted by atomic mass is 16.4. The molecule has 2 N–H and O–H groups in total. The number of nitrogens with one attached hydrogen (secondary N) is 1. The number of hydrogen-bond acceptors (Lipinski definition) is 2. The van der Waals surface area contributed by atoms with E-state index < -0.39 is 5.97 Å². The fourth-order valence-electron chi connectivity index (χ4n) is 3.85. The highest BCUT2D eigenvalue weighted by Gasteiger charge is 2.30. The van der Waals surface area contributed by atoms with Crippen LogP contribution in [0.15, 0.2) is 0 Å². The SMILES string of the molecule is CC(C)C1CCC(NC2CCCC(C(=O)O)C2)CC1. The van der Waals surface area contributed by atoms with Crippen molar-refractivity contribution in [3.63, 3.8) is 0 Å². The van der Waals surface area contributed by atoms with E-state index >= 15 is 0 Å². The van der Waals surface area contributed by atoms with Gasteiger partial charge in [0, 0.05) is 12.1 Å². The van der Waals surface area contributed by atoms with E-state index in [9.17, 15) is 4.79 Å². The van der Waals surface area contributed by atoms with E-state index in [1.165, 1.54) is 25.7 Å². The molecule has 0 aliphatic heterocycles. The Labute approximate surface area is 117 Å². The summed E-state index contributed by atoms with van der Waals surface area (Å²) in [4.78, 5) is 11.1. The number of rotatable bonds is 4. The molecule has 0 heterocycles. The van der Waals surface area contributed by atoms with Crippen LogP contribution in [0.5, 0.6) is 0 Å². The Bertz CT molecular complexity index is 295. The van der Waals surface area contributed by atoms with E-state index in [2.05, 4.69) is 19.2 Å². The van der Waals surface area contributed by atoms with E-state index in [4.69, 9.17) is 5.11 Å². The van der Waals surface area contributed by atoms with Crippen molar-refractivity contribution in [2.24, 2.45) is 17.8 Å². The van der Waals surface area contributed by atoms with Gasteiger partial charge in [0.15, 0.2) is 0 Å². The van der Waals surface area contributed by atoms with Crippen LogP contribution in [-0.2, 0) is 4.79 Å². The molecule has 0 aromatic heterocycles. The van der Waals surface area contributed by atoms with Crippen molar-refractivity contribution in [1.29, 1.82) is 0 Å². The Hall–Kier alpha value is -0.570. The van der Waals surface area contributed by atoms with Crippen LogP contribution in [0.3, 0.4) is 0 Å². The van der Waals surface area contributed by atoms with Crippen LogP contribution in [0.25, 0.3) is 0 Å². The highest BCUT2D eigenvalue weighted by molar-refractivity contribution is 5.70. The summed E-state index contributed by atoms with van der Waals surface area (Å²) in [6, 6.07) is 1.07. The molecule has 0 aromatic rings. The Morgan fingerprint density at radius 2 is 1.74 bits per heavy atom. The molecule has 2 fully saturated rings. The minimum Gasteiger partial charge on any atom is -0.481 e. The third-order valence-electron chi connectivity index (χ3n) is 5.21. The lowest BCUT2D eigenvalue weighted by Gasteiger charge is -2.36. The van der Waals surface area contributed by atoms with Gasteiger partial charge in [0.25, 0.3) is 0 Å². The number of carbonyl (C=O) groups is 1. The van der Waals surface area contributed by atoms with E-state index in [0.717, 1.165) is 37.5 Å². The molecule has 0 amide bonds. The quantitative estimate of drug-likeness (QED) is 0.820. The molecule has 2 unspecified atom stereocenters. The molecular weight excluding hydrogens is 238 g/mol. The molecule has 2 rings (SSSR count). The lowest BCUT2D eigenvalue weighted by molar-refractivity contribution is -0.143. The van der Waals surface area contributed by atoms with Crippen LogP contribution in [0, 0.1) is 17.8 Å².